The highest BCUT2D eigenvalue weighted by atomic mass is 16.5. The molecule has 2 fully saturated rings. The largest absolute Gasteiger partial charge is 0.467 e. The molecule has 1 aromatic rings. The number of ether oxygens (including phenoxy) is 3. The van der Waals surface area contributed by atoms with Gasteiger partial charge in [-0.05, 0) is 95.1 Å². The molecule has 4 amide bonds. The van der Waals surface area contributed by atoms with Crippen molar-refractivity contribution in [2.45, 2.75) is 141 Å². The fraction of sp³-hybridized carbons (Fsp3) is 0.750. The zero-order valence-corrected chi connectivity index (χ0v) is 37.0. The number of imide groups is 1. The number of hydrogen-bond acceptors (Lipinski definition) is 11. The quantitative estimate of drug-likeness (QED) is 0.175. The first kappa shape index (κ1) is 47.1. The highest BCUT2D eigenvalue weighted by Crippen LogP contribution is 2.32. The van der Waals surface area contributed by atoms with Gasteiger partial charge in [0.25, 0.3) is 0 Å². The average molecular weight is 813 g/mol. The van der Waals surface area contributed by atoms with E-state index in [0.717, 1.165) is 56.4 Å². The number of hydrogen-bond donors (Lipinski definition) is 3. The second kappa shape index (κ2) is 21.1. The summed E-state index contributed by atoms with van der Waals surface area (Å²) in [5.74, 6) is -2.47. The summed E-state index contributed by atoms with van der Waals surface area (Å²) in [5.41, 5.74) is 2.46. The minimum absolute atomic E-state index is 0.0385. The molecule has 14 heteroatoms. The summed E-state index contributed by atoms with van der Waals surface area (Å²) in [6.07, 6.45) is 4.84. The Labute approximate surface area is 346 Å². The number of esters is 1. The number of likely N-dealkylation sites (tertiary alicyclic amines) is 2. The summed E-state index contributed by atoms with van der Waals surface area (Å²) in [4.78, 5) is 74.4. The van der Waals surface area contributed by atoms with Crippen LogP contribution >= 0.6 is 0 Å². The van der Waals surface area contributed by atoms with Gasteiger partial charge in [-0.25, -0.2) is 4.79 Å². The molecule has 0 aromatic heterocycles. The standard InChI is InChI=1S/C44H72N6O8/c1-12-28(4)38(49(8)37(27(2)3)41(53)47-43(55)44(6)20-15-22-48(44)7)35(56-9)26-36(51)50-23-14-17-34(50)39(57-10)29(5)40(52)46-33(42(54)58-11)25-30-18-19-32-31(24-30)16-13-21-45-32/h18-19,24,27-29,33-35,37-39,45H,12-17,20-23,25-26H2,1-11H3,(H,46,52)(H,47,53,55)/t28-,29+,33-,34-,35+,37-,38-,39+,44-/m0/s1. The molecule has 1 aromatic carbocycles. The predicted molar refractivity (Wildman–Crippen MR) is 224 cm³/mol. The van der Waals surface area contributed by atoms with Crippen molar-refractivity contribution >= 4 is 35.3 Å². The summed E-state index contributed by atoms with van der Waals surface area (Å²) in [6.45, 7) is 14.0. The average Bonchev–Trinajstić information content (AvgIpc) is 3.83. The van der Waals surface area contributed by atoms with E-state index in [2.05, 4.69) is 35.9 Å². The lowest BCUT2D eigenvalue weighted by Gasteiger charge is -2.43. The maximum absolute atomic E-state index is 14.4. The molecular formula is C44H72N6O8. The van der Waals surface area contributed by atoms with Crippen LogP contribution in [0, 0.1) is 17.8 Å². The molecule has 0 radical (unpaired) electrons. The van der Waals surface area contributed by atoms with Crippen LogP contribution in [0.3, 0.4) is 0 Å². The lowest BCUT2D eigenvalue weighted by molar-refractivity contribution is -0.147. The van der Waals surface area contributed by atoms with Crippen molar-refractivity contribution in [3.8, 4) is 0 Å². The lowest BCUT2D eigenvalue weighted by atomic mass is 9.87. The smallest absolute Gasteiger partial charge is 0.328 e. The molecule has 3 aliphatic rings. The van der Waals surface area contributed by atoms with Crippen molar-refractivity contribution in [2.24, 2.45) is 17.8 Å². The van der Waals surface area contributed by atoms with Gasteiger partial charge in [0.05, 0.1) is 49.3 Å². The molecule has 9 atom stereocenters. The van der Waals surface area contributed by atoms with Crippen molar-refractivity contribution < 1.29 is 38.2 Å². The predicted octanol–water partition coefficient (Wildman–Crippen LogP) is 3.79. The number of carbonyl (C=O) groups excluding carboxylic acids is 5. The Bertz CT molecular complexity index is 1590. The monoisotopic (exact) mass is 813 g/mol. The maximum atomic E-state index is 14.4. The first-order valence-electron chi connectivity index (χ1n) is 21.4. The second-order valence-corrected chi connectivity index (χ2v) is 17.4. The molecule has 0 saturated carbocycles. The third kappa shape index (κ3) is 10.8. The lowest BCUT2D eigenvalue weighted by Crippen LogP contribution is -2.61. The SMILES string of the molecule is CC[C@H](C)[C@@H]([C@@H](CC(=O)N1CCC[C@H]1[C@H](OC)[C@@H](C)C(=O)N[C@@H](Cc1ccc2c(c1)CCCN2)C(=O)OC)OC)N(C)[C@H](C(=O)NC(=O)[C@]1(C)CCCN1C)C(C)C. The normalized spacial score (nSPS) is 23.3. The molecule has 0 aliphatic carbocycles. The Morgan fingerprint density at radius 3 is 2.33 bits per heavy atom. The molecule has 14 nitrogen and oxygen atoms in total. The topological polar surface area (TPSA) is 159 Å². The number of fused-ring (bicyclic) bond motifs is 1. The summed E-state index contributed by atoms with van der Waals surface area (Å²) in [6, 6.07) is 3.81. The summed E-state index contributed by atoms with van der Waals surface area (Å²) in [5, 5.41) is 9.08. The van der Waals surface area contributed by atoms with E-state index in [0.29, 0.717) is 19.4 Å². The number of nitrogens with zero attached hydrogens (tertiary/aromatic N) is 3. The second-order valence-electron chi connectivity index (χ2n) is 17.4. The minimum atomic E-state index is -0.896. The van der Waals surface area contributed by atoms with Gasteiger partial charge in [0, 0.05) is 45.5 Å². The van der Waals surface area contributed by atoms with Gasteiger partial charge in [-0.3, -0.25) is 34.3 Å². The molecule has 3 heterocycles. The molecule has 4 rings (SSSR count). The number of nitrogens with one attached hydrogen (secondary N) is 3. The van der Waals surface area contributed by atoms with Gasteiger partial charge in [0.2, 0.25) is 23.6 Å². The maximum Gasteiger partial charge on any atom is 0.328 e. The van der Waals surface area contributed by atoms with E-state index in [1.165, 1.54) is 12.7 Å². The van der Waals surface area contributed by atoms with Gasteiger partial charge in [0.1, 0.15) is 6.04 Å². The summed E-state index contributed by atoms with van der Waals surface area (Å²) < 4.78 is 17.2. The molecular weight excluding hydrogens is 741 g/mol. The number of likely N-dealkylation sites (N-methyl/N-ethyl adjacent to an activating group) is 2. The van der Waals surface area contributed by atoms with Crippen molar-refractivity contribution in [1.82, 2.24) is 25.3 Å². The number of benzene rings is 1. The number of amides is 4. The highest BCUT2D eigenvalue weighted by molar-refractivity contribution is 6.02. The molecule has 58 heavy (non-hydrogen) atoms. The Hall–Kier alpha value is -3.59. The molecule has 0 spiro atoms. The summed E-state index contributed by atoms with van der Waals surface area (Å²) >= 11 is 0. The van der Waals surface area contributed by atoms with Crippen molar-refractivity contribution in [2.75, 3.05) is 60.4 Å². The highest BCUT2D eigenvalue weighted by Gasteiger charge is 2.46. The van der Waals surface area contributed by atoms with Gasteiger partial charge < -0.3 is 29.7 Å². The Morgan fingerprint density at radius 1 is 1.00 bits per heavy atom. The summed E-state index contributed by atoms with van der Waals surface area (Å²) in [7, 11) is 8.25. The fourth-order valence-corrected chi connectivity index (χ4v) is 9.57. The molecule has 3 N–H and O–H groups in total. The van der Waals surface area contributed by atoms with E-state index in [9.17, 15) is 24.0 Å². The fourth-order valence-electron chi connectivity index (χ4n) is 9.57. The van der Waals surface area contributed by atoms with E-state index in [1.54, 1.807) is 26.0 Å². The first-order valence-corrected chi connectivity index (χ1v) is 21.4. The van der Waals surface area contributed by atoms with Crippen LogP contribution in [0.15, 0.2) is 18.2 Å². The first-order chi connectivity index (χ1) is 27.5. The zero-order chi connectivity index (χ0) is 42.9. The van der Waals surface area contributed by atoms with Crippen LogP contribution < -0.4 is 16.0 Å². The molecule has 2 saturated heterocycles. The Balaban J connectivity index is 1.48. The van der Waals surface area contributed by atoms with Crippen LogP contribution in [0.1, 0.15) is 97.6 Å². The molecule has 0 bridgehead atoms. The van der Waals surface area contributed by atoms with Crippen molar-refractivity contribution in [3.63, 3.8) is 0 Å². The van der Waals surface area contributed by atoms with Crippen molar-refractivity contribution in [1.29, 1.82) is 0 Å². The molecule has 326 valence electrons. The van der Waals surface area contributed by atoms with Crippen LogP contribution in [0.2, 0.25) is 0 Å². The van der Waals surface area contributed by atoms with Gasteiger partial charge in [0.15, 0.2) is 0 Å². The third-order valence-corrected chi connectivity index (χ3v) is 13.3. The number of methoxy groups -OCH3 is 3. The number of aryl methyl sites for hydroxylation is 1. The van der Waals surface area contributed by atoms with Gasteiger partial charge >= 0.3 is 5.97 Å². The van der Waals surface area contributed by atoms with Gasteiger partial charge in [-0.15, -0.1) is 0 Å². The molecule has 3 aliphatic heterocycles. The van der Waals surface area contributed by atoms with Crippen LogP contribution in [0.4, 0.5) is 5.69 Å². The van der Waals surface area contributed by atoms with Gasteiger partial charge in [-0.1, -0.05) is 53.2 Å². The molecule has 0 unspecified atom stereocenters. The van der Waals surface area contributed by atoms with Crippen LogP contribution in [0.5, 0.6) is 0 Å². The number of rotatable bonds is 19. The Kier molecular flexibility index (Phi) is 17.1. The van der Waals surface area contributed by atoms with E-state index >= 15 is 0 Å². The van der Waals surface area contributed by atoms with E-state index < -0.39 is 41.7 Å². The van der Waals surface area contributed by atoms with Crippen LogP contribution in [-0.4, -0.2) is 141 Å². The number of anilines is 1. The Morgan fingerprint density at radius 2 is 1.72 bits per heavy atom. The van der Waals surface area contributed by atoms with Gasteiger partial charge in [-0.2, -0.15) is 0 Å². The van der Waals surface area contributed by atoms with E-state index in [1.807, 2.05) is 56.8 Å². The zero-order valence-electron chi connectivity index (χ0n) is 37.0. The van der Waals surface area contributed by atoms with E-state index in [-0.39, 0.29) is 60.4 Å². The van der Waals surface area contributed by atoms with Crippen molar-refractivity contribution in [3.05, 3.63) is 29.3 Å². The number of carbonyl (C=O) groups is 5. The minimum Gasteiger partial charge on any atom is -0.467 e. The third-order valence-electron chi connectivity index (χ3n) is 13.3. The van der Waals surface area contributed by atoms with Crippen LogP contribution in [0.25, 0.3) is 0 Å². The van der Waals surface area contributed by atoms with E-state index in [4.69, 9.17) is 14.2 Å². The van der Waals surface area contributed by atoms with Crippen LogP contribution in [-0.2, 0) is 51.0 Å².